The monoisotopic (exact) mass is 379 g/mol. The quantitative estimate of drug-likeness (QED) is 0.643. The Balaban J connectivity index is 2.16. The minimum absolute atomic E-state index is 0.135. The second-order valence-electron chi connectivity index (χ2n) is 6.51. The third-order valence-electron chi connectivity index (χ3n) is 3.91. The highest BCUT2D eigenvalue weighted by atomic mass is 35.5. The molecule has 0 aliphatic rings. The van der Waals surface area contributed by atoms with Crippen molar-refractivity contribution in [3.8, 4) is 5.75 Å². The second kappa shape index (κ2) is 8.59. The number of ether oxygens (including phenoxy) is 1. The molecule has 0 spiro atoms. The molecule has 0 saturated carbocycles. The van der Waals surface area contributed by atoms with E-state index in [9.17, 15) is 4.79 Å². The van der Waals surface area contributed by atoms with Crippen molar-refractivity contribution >= 4 is 34.8 Å². The molecule has 0 fully saturated rings. The Labute approximate surface area is 159 Å². The van der Waals surface area contributed by atoms with Crippen LogP contribution in [-0.4, -0.2) is 12.5 Å². The first kappa shape index (κ1) is 19.6. The molecule has 0 atom stereocenters. The van der Waals surface area contributed by atoms with Crippen molar-refractivity contribution in [1.82, 2.24) is 0 Å². The number of carbonyl (C=O) groups is 1. The lowest BCUT2D eigenvalue weighted by Gasteiger charge is -2.20. The van der Waals surface area contributed by atoms with Crippen LogP contribution >= 0.6 is 23.2 Å². The van der Waals surface area contributed by atoms with Crippen LogP contribution in [0.1, 0.15) is 50.7 Å². The number of rotatable bonds is 6. The van der Waals surface area contributed by atoms with Crippen molar-refractivity contribution < 1.29 is 9.53 Å². The summed E-state index contributed by atoms with van der Waals surface area (Å²) in [5.41, 5.74) is 3.10. The van der Waals surface area contributed by atoms with Crippen LogP contribution in [0.5, 0.6) is 5.75 Å². The summed E-state index contributed by atoms with van der Waals surface area (Å²) in [6.07, 6.45) is 0. The van der Waals surface area contributed by atoms with Gasteiger partial charge in [0.25, 0.3) is 5.91 Å². The number of halogens is 2. The predicted octanol–water partition coefficient (Wildman–Crippen LogP) is 6.26. The lowest BCUT2D eigenvalue weighted by molar-refractivity contribution is -0.118. The first-order valence-electron chi connectivity index (χ1n) is 8.30. The summed E-state index contributed by atoms with van der Waals surface area (Å²) in [6, 6.07) is 11.2. The molecule has 2 rings (SSSR count). The summed E-state index contributed by atoms with van der Waals surface area (Å²) >= 11 is 12.0. The third kappa shape index (κ3) is 4.90. The number of hydrogen-bond acceptors (Lipinski definition) is 2. The van der Waals surface area contributed by atoms with E-state index in [2.05, 4.69) is 33.0 Å². The molecule has 0 unspecified atom stereocenters. The van der Waals surface area contributed by atoms with Crippen LogP contribution in [0.15, 0.2) is 36.4 Å². The van der Waals surface area contributed by atoms with Gasteiger partial charge in [-0.2, -0.15) is 0 Å². The molecule has 0 radical (unpaired) electrons. The largest absolute Gasteiger partial charge is 0.482 e. The van der Waals surface area contributed by atoms with E-state index >= 15 is 0 Å². The van der Waals surface area contributed by atoms with E-state index < -0.39 is 0 Å². The van der Waals surface area contributed by atoms with Crippen molar-refractivity contribution in [2.45, 2.75) is 39.5 Å². The topological polar surface area (TPSA) is 38.3 Å². The number of amides is 1. The first-order chi connectivity index (χ1) is 11.8. The van der Waals surface area contributed by atoms with E-state index in [4.69, 9.17) is 27.9 Å². The Morgan fingerprint density at radius 2 is 1.56 bits per heavy atom. The van der Waals surface area contributed by atoms with Crippen LogP contribution in [0.4, 0.5) is 5.69 Å². The first-order valence-corrected chi connectivity index (χ1v) is 9.06. The maximum absolute atomic E-state index is 12.4. The number of hydrogen-bond donors (Lipinski definition) is 1. The van der Waals surface area contributed by atoms with Crippen LogP contribution in [0, 0.1) is 0 Å². The number of nitrogens with one attached hydrogen (secondary N) is 1. The fraction of sp³-hybridized carbons (Fsp3) is 0.350. The predicted molar refractivity (Wildman–Crippen MR) is 105 cm³/mol. The highest BCUT2D eigenvalue weighted by molar-refractivity contribution is 6.42. The van der Waals surface area contributed by atoms with Crippen LogP contribution in [0.2, 0.25) is 10.0 Å². The summed E-state index contributed by atoms with van der Waals surface area (Å²) in [5.74, 6) is 0.770. The van der Waals surface area contributed by atoms with Crippen molar-refractivity contribution in [2.24, 2.45) is 0 Å². The molecule has 0 aromatic heterocycles. The average Bonchev–Trinajstić information content (AvgIpc) is 2.56. The normalized spacial score (nSPS) is 11.0. The smallest absolute Gasteiger partial charge is 0.262 e. The van der Waals surface area contributed by atoms with Gasteiger partial charge >= 0.3 is 0 Å². The zero-order valence-corrected chi connectivity index (χ0v) is 16.4. The van der Waals surface area contributed by atoms with Crippen LogP contribution < -0.4 is 10.1 Å². The van der Waals surface area contributed by atoms with Gasteiger partial charge in [-0.25, -0.2) is 0 Å². The van der Waals surface area contributed by atoms with Gasteiger partial charge in [0.05, 0.1) is 5.02 Å². The molecule has 2 aromatic rings. The second-order valence-corrected chi connectivity index (χ2v) is 7.29. The summed E-state index contributed by atoms with van der Waals surface area (Å²) < 4.78 is 5.52. The number of benzene rings is 2. The molecule has 25 heavy (non-hydrogen) atoms. The molecular formula is C20H23Cl2NO2. The minimum atomic E-state index is -0.231. The van der Waals surface area contributed by atoms with Crippen molar-refractivity contribution in [2.75, 3.05) is 11.9 Å². The molecule has 0 saturated heterocycles. The molecule has 0 aliphatic heterocycles. The lowest BCUT2D eigenvalue weighted by atomic mass is 9.92. The zero-order chi connectivity index (χ0) is 18.6. The summed E-state index contributed by atoms with van der Waals surface area (Å²) in [6.45, 7) is 8.30. The van der Waals surface area contributed by atoms with E-state index in [1.807, 2.05) is 18.2 Å². The van der Waals surface area contributed by atoms with Gasteiger partial charge in [-0.15, -0.1) is 0 Å². The fourth-order valence-electron chi connectivity index (χ4n) is 2.61. The maximum Gasteiger partial charge on any atom is 0.262 e. The van der Waals surface area contributed by atoms with Gasteiger partial charge < -0.3 is 10.1 Å². The summed E-state index contributed by atoms with van der Waals surface area (Å²) in [5, 5.41) is 3.71. The highest BCUT2D eigenvalue weighted by Gasteiger charge is 2.16. The Hall–Kier alpha value is -1.71. The van der Waals surface area contributed by atoms with E-state index in [-0.39, 0.29) is 12.5 Å². The molecule has 1 N–H and O–H groups in total. The minimum Gasteiger partial charge on any atom is -0.482 e. The highest BCUT2D eigenvalue weighted by Crippen LogP contribution is 2.33. The average molecular weight is 380 g/mol. The molecule has 5 heteroatoms. The third-order valence-corrected chi connectivity index (χ3v) is 4.71. The van der Waals surface area contributed by atoms with Gasteiger partial charge in [0.1, 0.15) is 10.8 Å². The zero-order valence-electron chi connectivity index (χ0n) is 14.9. The van der Waals surface area contributed by atoms with Gasteiger partial charge in [-0.3, -0.25) is 4.79 Å². The fourth-order valence-corrected chi connectivity index (χ4v) is 2.96. The van der Waals surface area contributed by atoms with Gasteiger partial charge in [0.15, 0.2) is 6.61 Å². The Kier molecular flexibility index (Phi) is 6.74. The number of anilines is 1. The van der Waals surface area contributed by atoms with Crippen LogP contribution in [0.3, 0.4) is 0 Å². The van der Waals surface area contributed by atoms with Crippen molar-refractivity contribution in [3.05, 3.63) is 57.6 Å². The van der Waals surface area contributed by atoms with Crippen molar-refractivity contribution in [3.63, 3.8) is 0 Å². The van der Waals surface area contributed by atoms with E-state index in [1.54, 1.807) is 18.2 Å². The molecule has 2 aromatic carbocycles. The van der Waals surface area contributed by atoms with Gasteiger partial charge in [0, 0.05) is 5.69 Å². The Morgan fingerprint density at radius 1 is 1.00 bits per heavy atom. The SMILES string of the molecule is CC(C)c1cccc(C(C)C)c1NC(=O)COc1cccc(Cl)c1Cl. The van der Waals surface area contributed by atoms with Crippen LogP contribution in [-0.2, 0) is 4.79 Å². The summed E-state index contributed by atoms with van der Waals surface area (Å²) in [4.78, 5) is 12.4. The van der Waals surface area contributed by atoms with E-state index in [0.29, 0.717) is 27.6 Å². The molecule has 134 valence electrons. The Bertz CT molecular complexity index is 731. The van der Waals surface area contributed by atoms with Crippen molar-refractivity contribution in [1.29, 1.82) is 0 Å². The molecule has 0 heterocycles. The Morgan fingerprint density at radius 3 is 2.12 bits per heavy atom. The van der Waals surface area contributed by atoms with Crippen LogP contribution in [0.25, 0.3) is 0 Å². The van der Waals surface area contributed by atoms with Gasteiger partial charge in [-0.05, 0) is 35.1 Å². The summed E-state index contributed by atoms with van der Waals surface area (Å²) in [7, 11) is 0. The van der Waals surface area contributed by atoms with E-state index in [0.717, 1.165) is 16.8 Å². The standard InChI is InChI=1S/C20H23Cl2NO2/c1-12(2)14-7-5-8-15(13(3)4)20(14)23-18(24)11-25-17-10-6-9-16(21)19(17)22/h5-10,12-13H,11H2,1-4H3,(H,23,24). The molecule has 0 bridgehead atoms. The van der Waals surface area contributed by atoms with E-state index in [1.165, 1.54) is 0 Å². The lowest BCUT2D eigenvalue weighted by Crippen LogP contribution is -2.22. The molecule has 3 nitrogen and oxygen atoms in total. The number of para-hydroxylation sites is 1. The van der Waals surface area contributed by atoms with Gasteiger partial charge in [0.2, 0.25) is 0 Å². The number of carbonyl (C=O) groups excluding carboxylic acids is 1. The molecule has 1 amide bonds. The van der Waals surface area contributed by atoms with Gasteiger partial charge in [-0.1, -0.05) is 75.2 Å². The maximum atomic E-state index is 12.4. The molecule has 0 aliphatic carbocycles. The molecular weight excluding hydrogens is 357 g/mol.